The average molecular weight is 339 g/mol. The summed E-state index contributed by atoms with van der Waals surface area (Å²) in [7, 11) is 4.27. The van der Waals surface area contributed by atoms with Gasteiger partial charge in [0.15, 0.2) is 0 Å². The van der Waals surface area contributed by atoms with Crippen LogP contribution in [0, 0.1) is 5.41 Å². The second-order valence-electron chi connectivity index (χ2n) is 8.30. The van der Waals surface area contributed by atoms with Gasteiger partial charge in [-0.05, 0) is 44.2 Å². The van der Waals surface area contributed by atoms with Crippen LogP contribution < -0.4 is 10.6 Å². The molecule has 2 aromatic heterocycles. The molecule has 1 aliphatic heterocycles. The Bertz CT molecular complexity index is 796. The van der Waals surface area contributed by atoms with E-state index in [1.54, 1.807) is 0 Å². The van der Waals surface area contributed by atoms with Crippen molar-refractivity contribution in [3.63, 3.8) is 0 Å². The molecule has 5 rings (SSSR count). The van der Waals surface area contributed by atoms with E-state index in [-0.39, 0.29) is 0 Å². The molecule has 3 N–H and O–H groups in total. The maximum atomic E-state index is 6.22. The molecule has 1 spiro atoms. The van der Waals surface area contributed by atoms with Gasteiger partial charge in [-0.2, -0.15) is 10.1 Å². The summed E-state index contributed by atoms with van der Waals surface area (Å²) in [5.41, 5.74) is 9.62. The third-order valence-electron chi connectivity index (χ3n) is 6.11. The molecule has 7 heteroatoms. The highest BCUT2D eigenvalue weighted by Gasteiger charge is 2.52. The molecule has 3 fully saturated rings. The lowest BCUT2D eigenvalue weighted by atomic mass is 9.60. The molecular weight excluding hydrogens is 314 g/mol. The molecule has 25 heavy (non-hydrogen) atoms. The summed E-state index contributed by atoms with van der Waals surface area (Å²) in [6.45, 7) is 2.45. The predicted molar refractivity (Wildman–Crippen MR) is 97.4 cm³/mol. The number of nitrogens with two attached hydrogens (primary N) is 1. The molecule has 2 aromatic rings. The van der Waals surface area contributed by atoms with Gasteiger partial charge in [-0.15, -0.1) is 0 Å². The van der Waals surface area contributed by atoms with Crippen LogP contribution >= 0.6 is 0 Å². The molecule has 0 amide bonds. The highest BCUT2D eigenvalue weighted by Crippen LogP contribution is 2.49. The third-order valence-corrected chi connectivity index (χ3v) is 6.11. The zero-order chi connectivity index (χ0) is 17.2. The number of rotatable bonds is 4. The first-order valence-electron chi connectivity index (χ1n) is 9.13. The van der Waals surface area contributed by atoms with Gasteiger partial charge in [-0.25, -0.2) is 4.98 Å². The first-order chi connectivity index (χ1) is 12.0. The lowest BCUT2D eigenvalue weighted by Gasteiger charge is -2.59. The number of nitrogen functional groups attached to an aromatic ring is 1. The summed E-state index contributed by atoms with van der Waals surface area (Å²) in [5, 5.41) is 7.50. The third kappa shape index (κ3) is 2.49. The van der Waals surface area contributed by atoms with E-state index < -0.39 is 0 Å². The van der Waals surface area contributed by atoms with Crippen molar-refractivity contribution in [2.75, 3.05) is 37.8 Å². The lowest BCUT2D eigenvalue weighted by Crippen LogP contribution is -2.65. The highest BCUT2D eigenvalue weighted by molar-refractivity contribution is 5.71. The van der Waals surface area contributed by atoms with Crippen LogP contribution in [0.15, 0.2) is 12.3 Å². The van der Waals surface area contributed by atoms with E-state index in [1.807, 2.05) is 6.20 Å². The molecule has 0 unspecified atom stereocenters. The number of anilines is 2. The fourth-order valence-electron chi connectivity index (χ4n) is 4.56. The molecule has 3 heterocycles. The van der Waals surface area contributed by atoms with E-state index >= 15 is 0 Å². The smallest absolute Gasteiger partial charge is 0.227 e. The second kappa shape index (κ2) is 5.17. The molecule has 0 bridgehead atoms. The maximum Gasteiger partial charge on any atom is 0.227 e. The number of H-pyrrole nitrogens is 1. The first kappa shape index (κ1) is 15.1. The van der Waals surface area contributed by atoms with E-state index in [4.69, 9.17) is 5.73 Å². The fraction of sp³-hybridized carbons (Fsp3) is 0.611. The van der Waals surface area contributed by atoms with Crippen molar-refractivity contribution in [2.24, 2.45) is 5.41 Å². The Kier molecular flexibility index (Phi) is 3.13. The molecule has 3 aliphatic rings. The van der Waals surface area contributed by atoms with Crippen molar-refractivity contribution in [3.8, 4) is 11.3 Å². The van der Waals surface area contributed by atoms with E-state index in [0.717, 1.165) is 11.3 Å². The molecule has 0 aromatic carbocycles. The fourth-order valence-corrected chi connectivity index (χ4v) is 4.56. The van der Waals surface area contributed by atoms with E-state index in [2.05, 4.69) is 50.1 Å². The van der Waals surface area contributed by atoms with Crippen LogP contribution in [0.4, 0.5) is 11.8 Å². The predicted octanol–water partition coefficient (Wildman–Crippen LogP) is 1.86. The van der Waals surface area contributed by atoms with Crippen LogP contribution in [0.5, 0.6) is 0 Å². The topological polar surface area (TPSA) is 87.0 Å². The van der Waals surface area contributed by atoms with Gasteiger partial charge in [-0.1, -0.05) is 0 Å². The highest BCUT2D eigenvalue weighted by atomic mass is 15.3. The van der Waals surface area contributed by atoms with Gasteiger partial charge in [0.2, 0.25) is 5.95 Å². The Morgan fingerprint density at radius 1 is 1.32 bits per heavy atom. The van der Waals surface area contributed by atoms with Gasteiger partial charge in [0, 0.05) is 44.0 Å². The molecule has 1 saturated heterocycles. The number of aromatic nitrogens is 4. The molecule has 0 radical (unpaired) electrons. The maximum absolute atomic E-state index is 6.22. The molecule has 0 atom stereocenters. The van der Waals surface area contributed by atoms with Gasteiger partial charge >= 0.3 is 0 Å². The minimum Gasteiger partial charge on any atom is -0.383 e. The summed E-state index contributed by atoms with van der Waals surface area (Å²) >= 11 is 0. The summed E-state index contributed by atoms with van der Waals surface area (Å²) in [5.74, 6) is 1.86. The van der Waals surface area contributed by atoms with Gasteiger partial charge in [0.25, 0.3) is 0 Å². The minimum atomic E-state index is 0.503. The normalized spacial score (nSPS) is 22.6. The Balaban J connectivity index is 1.31. The summed E-state index contributed by atoms with van der Waals surface area (Å²) in [6.07, 6.45) is 6.75. The molecule has 2 saturated carbocycles. The number of nitrogens with one attached hydrogen (secondary N) is 1. The number of hydrogen-bond donors (Lipinski definition) is 2. The zero-order valence-corrected chi connectivity index (χ0v) is 14.9. The van der Waals surface area contributed by atoms with Crippen LogP contribution in [0.1, 0.15) is 37.3 Å². The van der Waals surface area contributed by atoms with Crippen molar-refractivity contribution in [2.45, 2.75) is 37.6 Å². The first-order valence-corrected chi connectivity index (χ1v) is 9.13. The largest absolute Gasteiger partial charge is 0.383 e. The van der Waals surface area contributed by atoms with Crippen molar-refractivity contribution < 1.29 is 0 Å². The van der Waals surface area contributed by atoms with Gasteiger partial charge < -0.3 is 15.5 Å². The van der Waals surface area contributed by atoms with Crippen LogP contribution in [0.3, 0.4) is 0 Å². The number of likely N-dealkylation sites (tertiary alicyclic amines) is 1. The minimum absolute atomic E-state index is 0.503. The van der Waals surface area contributed by atoms with Crippen molar-refractivity contribution >= 4 is 11.8 Å². The van der Waals surface area contributed by atoms with E-state index in [0.29, 0.717) is 29.1 Å². The Hall–Kier alpha value is -2.15. The molecule has 2 aliphatic carbocycles. The standard InChI is InChI=1S/C18H25N7/c1-24-9-18(10-24)6-12(7-18)25(2)17-20-8-13(16(19)21-17)15-5-14(22-23-15)11-3-4-11/h5,8,11-12H,3-4,6-7,9-10H2,1-2H3,(H,22,23)(H2,19,20,21). The number of nitrogens with zero attached hydrogens (tertiary/aromatic N) is 5. The molecule has 7 nitrogen and oxygen atoms in total. The van der Waals surface area contributed by atoms with Gasteiger partial charge in [-0.3, -0.25) is 5.10 Å². The van der Waals surface area contributed by atoms with Crippen LogP contribution in [-0.4, -0.2) is 58.3 Å². The second-order valence-corrected chi connectivity index (χ2v) is 8.30. The van der Waals surface area contributed by atoms with Gasteiger partial charge in [0.05, 0.1) is 11.3 Å². The number of hydrogen-bond acceptors (Lipinski definition) is 6. The lowest BCUT2D eigenvalue weighted by molar-refractivity contribution is -0.0571. The van der Waals surface area contributed by atoms with Crippen LogP contribution in [-0.2, 0) is 0 Å². The van der Waals surface area contributed by atoms with E-state index in [9.17, 15) is 0 Å². The molecule has 132 valence electrons. The molecular formula is C18H25N7. The Morgan fingerprint density at radius 2 is 2.08 bits per heavy atom. The quantitative estimate of drug-likeness (QED) is 0.884. The SMILES string of the molecule is CN1CC2(CC(N(C)c3ncc(-c4cc(C5CC5)[nH]n4)c(N)n3)C2)C1. The summed E-state index contributed by atoms with van der Waals surface area (Å²) in [4.78, 5) is 13.7. The zero-order valence-electron chi connectivity index (χ0n) is 14.9. The van der Waals surface area contributed by atoms with Crippen molar-refractivity contribution in [3.05, 3.63) is 18.0 Å². The Labute approximate surface area is 147 Å². The monoisotopic (exact) mass is 339 g/mol. The average Bonchev–Trinajstić information content (AvgIpc) is 3.27. The summed E-state index contributed by atoms with van der Waals surface area (Å²) < 4.78 is 0. The summed E-state index contributed by atoms with van der Waals surface area (Å²) in [6, 6.07) is 2.60. The van der Waals surface area contributed by atoms with Crippen molar-refractivity contribution in [1.29, 1.82) is 0 Å². The van der Waals surface area contributed by atoms with Crippen molar-refractivity contribution in [1.82, 2.24) is 25.1 Å². The Morgan fingerprint density at radius 3 is 2.72 bits per heavy atom. The van der Waals surface area contributed by atoms with E-state index in [1.165, 1.54) is 44.5 Å². The van der Waals surface area contributed by atoms with Gasteiger partial charge in [0.1, 0.15) is 5.82 Å². The van der Waals surface area contributed by atoms with Crippen LogP contribution in [0.2, 0.25) is 0 Å². The number of aromatic amines is 1. The van der Waals surface area contributed by atoms with Crippen LogP contribution in [0.25, 0.3) is 11.3 Å².